The molecule has 0 aliphatic heterocycles. The maximum atomic E-state index is 13.9. The molecule has 1 fully saturated rings. The molecule has 1 aromatic carbocycles. The number of nitrogens with one attached hydrogen (secondary N) is 1. The first-order chi connectivity index (χ1) is 9.54. The highest BCUT2D eigenvalue weighted by atomic mass is 19.1. The standard InChI is InChI=1S/C17H27FN2/c1-13(2)8-9-20(3)12-15-10-14(4-7-17(15)18)11-19-16-5-6-16/h4,7,10,13,16,19H,5-6,8-9,11-12H2,1-3H3. The van der Waals surface area contributed by atoms with Crippen LogP contribution in [0.15, 0.2) is 18.2 Å². The molecular weight excluding hydrogens is 251 g/mol. The molecule has 0 atom stereocenters. The Balaban J connectivity index is 1.89. The van der Waals surface area contributed by atoms with E-state index in [9.17, 15) is 4.39 Å². The van der Waals surface area contributed by atoms with E-state index >= 15 is 0 Å². The second kappa shape index (κ2) is 7.19. The van der Waals surface area contributed by atoms with E-state index in [1.54, 1.807) is 6.07 Å². The predicted molar refractivity (Wildman–Crippen MR) is 82.1 cm³/mol. The van der Waals surface area contributed by atoms with E-state index in [0.29, 0.717) is 18.5 Å². The molecule has 0 heterocycles. The molecule has 0 bridgehead atoms. The van der Waals surface area contributed by atoms with Gasteiger partial charge in [0.1, 0.15) is 5.82 Å². The maximum Gasteiger partial charge on any atom is 0.127 e. The minimum Gasteiger partial charge on any atom is -0.310 e. The molecule has 0 saturated heterocycles. The lowest BCUT2D eigenvalue weighted by Crippen LogP contribution is -2.21. The van der Waals surface area contributed by atoms with Gasteiger partial charge in [-0.05, 0) is 50.4 Å². The molecule has 2 nitrogen and oxygen atoms in total. The Hall–Kier alpha value is -0.930. The van der Waals surface area contributed by atoms with Gasteiger partial charge in [0, 0.05) is 24.7 Å². The third-order valence-corrected chi connectivity index (χ3v) is 3.81. The second-order valence-corrected chi connectivity index (χ2v) is 6.50. The van der Waals surface area contributed by atoms with Crippen LogP contribution in [0.3, 0.4) is 0 Å². The summed E-state index contributed by atoms with van der Waals surface area (Å²) in [7, 11) is 2.07. The Morgan fingerprint density at radius 2 is 2.10 bits per heavy atom. The van der Waals surface area contributed by atoms with Gasteiger partial charge >= 0.3 is 0 Å². The molecule has 20 heavy (non-hydrogen) atoms. The Morgan fingerprint density at radius 3 is 2.75 bits per heavy atom. The van der Waals surface area contributed by atoms with Crippen molar-refractivity contribution in [2.24, 2.45) is 5.92 Å². The van der Waals surface area contributed by atoms with E-state index in [1.807, 2.05) is 12.1 Å². The van der Waals surface area contributed by atoms with Crippen LogP contribution in [-0.4, -0.2) is 24.5 Å². The zero-order valence-corrected chi connectivity index (χ0v) is 13.0. The van der Waals surface area contributed by atoms with Crippen molar-refractivity contribution in [1.29, 1.82) is 0 Å². The molecule has 112 valence electrons. The summed E-state index contributed by atoms with van der Waals surface area (Å²) in [6, 6.07) is 6.20. The van der Waals surface area contributed by atoms with Crippen molar-refractivity contribution >= 4 is 0 Å². The lowest BCUT2D eigenvalue weighted by molar-refractivity contribution is 0.299. The smallest absolute Gasteiger partial charge is 0.127 e. The fourth-order valence-electron chi connectivity index (χ4n) is 2.26. The van der Waals surface area contributed by atoms with Crippen molar-refractivity contribution in [3.05, 3.63) is 35.1 Å². The Morgan fingerprint density at radius 1 is 1.35 bits per heavy atom. The molecule has 1 N–H and O–H groups in total. The van der Waals surface area contributed by atoms with Crippen LogP contribution in [0, 0.1) is 11.7 Å². The molecule has 0 amide bonds. The van der Waals surface area contributed by atoms with E-state index < -0.39 is 0 Å². The molecule has 0 spiro atoms. The van der Waals surface area contributed by atoms with Crippen molar-refractivity contribution in [2.45, 2.75) is 52.2 Å². The van der Waals surface area contributed by atoms with E-state index in [0.717, 1.165) is 25.1 Å². The van der Waals surface area contributed by atoms with Gasteiger partial charge in [-0.1, -0.05) is 26.0 Å². The van der Waals surface area contributed by atoms with E-state index in [1.165, 1.54) is 18.4 Å². The molecule has 1 saturated carbocycles. The highest BCUT2D eigenvalue weighted by molar-refractivity contribution is 5.25. The predicted octanol–water partition coefficient (Wildman–Crippen LogP) is 3.56. The van der Waals surface area contributed by atoms with Gasteiger partial charge in [0.05, 0.1) is 0 Å². The third kappa shape index (κ3) is 5.22. The molecule has 1 aliphatic carbocycles. The summed E-state index contributed by atoms with van der Waals surface area (Å²) in [5, 5.41) is 3.48. The van der Waals surface area contributed by atoms with Gasteiger partial charge in [0.15, 0.2) is 0 Å². The Labute approximate surface area is 122 Å². The molecule has 3 heteroatoms. The zero-order chi connectivity index (χ0) is 14.5. The first-order valence-corrected chi connectivity index (χ1v) is 7.74. The fourth-order valence-corrected chi connectivity index (χ4v) is 2.26. The van der Waals surface area contributed by atoms with Crippen molar-refractivity contribution in [1.82, 2.24) is 10.2 Å². The molecule has 2 rings (SSSR count). The summed E-state index contributed by atoms with van der Waals surface area (Å²) in [4.78, 5) is 2.20. The summed E-state index contributed by atoms with van der Waals surface area (Å²) in [6.45, 7) is 7.00. The van der Waals surface area contributed by atoms with Crippen LogP contribution in [0.1, 0.15) is 44.2 Å². The van der Waals surface area contributed by atoms with E-state index in [2.05, 4.69) is 31.1 Å². The van der Waals surface area contributed by atoms with Crippen LogP contribution in [0.2, 0.25) is 0 Å². The number of nitrogens with zero attached hydrogens (tertiary/aromatic N) is 1. The first-order valence-electron chi connectivity index (χ1n) is 7.74. The largest absolute Gasteiger partial charge is 0.310 e. The maximum absolute atomic E-state index is 13.9. The number of rotatable bonds is 8. The molecule has 1 aromatic rings. The van der Waals surface area contributed by atoms with Crippen LogP contribution in [-0.2, 0) is 13.1 Å². The zero-order valence-electron chi connectivity index (χ0n) is 13.0. The topological polar surface area (TPSA) is 15.3 Å². The lowest BCUT2D eigenvalue weighted by Gasteiger charge is -2.18. The molecular formula is C17H27FN2. The van der Waals surface area contributed by atoms with Gasteiger partial charge in [-0.3, -0.25) is 0 Å². The van der Waals surface area contributed by atoms with E-state index in [-0.39, 0.29) is 5.82 Å². The van der Waals surface area contributed by atoms with Gasteiger partial charge in [-0.2, -0.15) is 0 Å². The van der Waals surface area contributed by atoms with Gasteiger partial charge in [0.2, 0.25) is 0 Å². The van der Waals surface area contributed by atoms with Gasteiger partial charge in [-0.25, -0.2) is 4.39 Å². The van der Waals surface area contributed by atoms with Crippen LogP contribution >= 0.6 is 0 Å². The van der Waals surface area contributed by atoms with Crippen LogP contribution in [0.25, 0.3) is 0 Å². The van der Waals surface area contributed by atoms with Gasteiger partial charge < -0.3 is 10.2 Å². The monoisotopic (exact) mass is 278 g/mol. The quantitative estimate of drug-likeness (QED) is 0.782. The SMILES string of the molecule is CC(C)CCN(C)Cc1cc(CNC2CC2)ccc1F. The third-order valence-electron chi connectivity index (χ3n) is 3.81. The van der Waals surface area contributed by atoms with E-state index in [4.69, 9.17) is 0 Å². The highest BCUT2D eigenvalue weighted by Crippen LogP contribution is 2.20. The van der Waals surface area contributed by atoms with Gasteiger partial charge in [-0.15, -0.1) is 0 Å². The number of halogens is 1. The Bertz CT molecular complexity index is 427. The van der Waals surface area contributed by atoms with Crippen molar-refractivity contribution in [3.8, 4) is 0 Å². The number of benzene rings is 1. The van der Waals surface area contributed by atoms with Crippen LogP contribution < -0.4 is 5.32 Å². The molecule has 0 unspecified atom stereocenters. The molecule has 0 aromatic heterocycles. The summed E-state index contributed by atoms with van der Waals surface area (Å²) in [5.74, 6) is 0.605. The summed E-state index contributed by atoms with van der Waals surface area (Å²) >= 11 is 0. The summed E-state index contributed by atoms with van der Waals surface area (Å²) in [5.41, 5.74) is 2.00. The van der Waals surface area contributed by atoms with Crippen molar-refractivity contribution < 1.29 is 4.39 Å². The van der Waals surface area contributed by atoms with Crippen molar-refractivity contribution in [2.75, 3.05) is 13.6 Å². The van der Waals surface area contributed by atoms with Gasteiger partial charge in [0.25, 0.3) is 0 Å². The average Bonchev–Trinajstić information content (AvgIpc) is 3.21. The number of hydrogen-bond acceptors (Lipinski definition) is 2. The normalized spacial score (nSPS) is 15.3. The minimum atomic E-state index is -0.0865. The lowest BCUT2D eigenvalue weighted by atomic mass is 10.1. The highest BCUT2D eigenvalue weighted by Gasteiger charge is 2.20. The van der Waals surface area contributed by atoms with Crippen molar-refractivity contribution in [3.63, 3.8) is 0 Å². The Kier molecular flexibility index (Phi) is 5.55. The average molecular weight is 278 g/mol. The summed E-state index contributed by atoms with van der Waals surface area (Å²) in [6.07, 6.45) is 3.72. The summed E-state index contributed by atoms with van der Waals surface area (Å²) < 4.78 is 13.9. The van der Waals surface area contributed by atoms with Crippen LogP contribution in [0.5, 0.6) is 0 Å². The minimum absolute atomic E-state index is 0.0865. The number of hydrogen-bond donors (Lipinski definition) is 1. The second-order valence-electron chi connectivity index (χ2n) is 6.50. The first kappa shape index (κ1) is 15.5. The fraction of sp³-hybridized carbons (Fsp3) is 0.647. The van der Waals surface area contributed by atoms with Crippen LogP contribution in [0.4, 0.5) is 4.39 Å². The molecule has 1 aliphatic rings. The molecule has 0 radical (unpaired) electrons.